The minimum atomic E-state index is -0.290. The Balaban J connectivity index is 1.19. The molecule has 7 aromatic carbocycles. The number of ketones is 1. The smallest absolute Gasteiger partial charge is 0.193 e. The third-order valence-electron chi connectivity index (χ3n) is 8.88. The normalized spacial score (nSPS) is 10.9. The Kier molecular flexibility index (Phi) is 12.9. The maximum atomic E-state index is 14.4. The minimum Gasteiger partial charge on any atom is -0.489 e. The molecule has 0 heterocycles. The SMILES string of the molecule is O=C(/C=C/c1ccc(OCc2ccccc2)c(OCc2ccccc2)c1)c1c(OCc2ccccc2)cc(OCc2ccccc2)cc1OCc1ccccc1. The lowest BCUT2D eigenvalue weighted by atomic mass is 10.1. The first-order chi connectivity index (χ1) is 27.7. The molecule has 0 amide bonds. The van der Waals surface area contributed by atoms with Crippen molar-refractivity contribution in [1.29, 1.82) is 0 Å². The second-order valence-electron chi connectivity index (χ2n) is 13.1. The standard InChI is InChI=1S/C50H42O6/c51-45(28-26-38-27-29-46(53-34-40-18-8-2-9-19-40)47(30-38)54-35-41-20-10-3-11-21-41)50-48(55-36-42-22-12-4-13-23-42)31-44(52-33-39-16-6-1-7-17-39)32-49(50)56-37-43-24-14-5-15-25-43/h1-32H,33-37H2/b28-26+. The fourth-order valence-corrected chi connectivity index (χ4v) is 5.92. The lowest BCUT2D eigenvalue weighted by Crippen LogP contribution is -2.08. The molecule has 0 aromatic heterocycles. The predicted octanol–water partition coefficient (Wildman–Crippen LogP) is 11.5. The average Bonchev–Trinajstić information content (AvgIpc) is 3.26. The average molecular weight is 739 g/mol. The molecule has 0 saturated carbocycles. The van der Waals surface area contributed by atoms with Crippen LogP contribution < -0.4 is 23.7 Å². The van der Waals surface area contributed by atoms with Crippen molar-refractivity contribution in [2.24, 2.45) is 0 Å². The van der Waals surface area contributed by atoms with Crippen molar-refractivity contribution in [3.8, 4) is 28.7 Å². The molecule has 56 heavy (non-hydrogen) atoms. The van der Waals surface area contributed by atoms with Gasteiger partial charge >= 0.3 is 0 Å². The number of hydrogen-bond donors (Lipinski definition) is 0. The zero-order chi connectivity index (χ0) is 38.2. The zero-order valence-corrected chi connectivity index (χ0v) is 31.0. The van der Waals surface area contributed by atoms with Gasteiger partial charge in [-0.3, -0.25) is 4.79 Å². The van der Waals surface area contributed by atoms with Crippen LogP contribution in [0.3, 0.4) is 0 Å². The molecule has 0 saturated heterocycles. The van der Waals surface area contributed by atoms with Crippen LogP contribution in [-0.2, 0) is 33.0 Å². The molecule has 0 aliphatic carbocycles. The van der Waals surface area contributed by atoms with Gasteiger partial charge in [-0.1, -0.05) is 164 Å². The molecular weight excluding hydrogens is 697 g/mol. The van der Waals surface area contributed by atoms with E-state index in [2.05, 4.69) is 0 Å². The summed E-state index contributed by atoms with van der Waals surface area (Å²) in [6.07, 6.45) is 3.30. The first-order valence-corrected chi connectivity index (χ1v) is 18.5. The van der Waals surface area contributed by atoms with Gasteiger partial charge in [0.2, 0.25) is 0 Å². The van der Waals surface area contributed by atoms with Crippen molar-refractivity contribution in [3.05, 3.63) is 227 Å². The Morgan fingerprint density at radius 2 is 0.732 bits per heavy atom. The highest BCUT2D eigenvalue weighted by Crippen LogP contribution is 2.37. The molecule has 0 radical (unpaired) electrons. The summed E-state index contributed by atoms with van der Waals surface area (Å²) < 4.78 is 31.6. The van der Waals surface area contributed by atoms with E-state index >= 15 is 0 Å². The quantitative estimate of drug-likeness (QED) is 0.0645. The summed E-state index contributed by atoms with van der Waals surface area (Å²) in [6.45, 7) is 1.58. The summed E-state index contributed by atoms with van der Waals surface area (Å²) in [6, 6.07) is 58.7. The van der Waals surface area contributed by atoms with E-state index in [9.17, 15) is 4.79 Å². The van der Waals surface area contributed by atoms with Gasteiger partial charge in [0.05, 0.1) is 0 Å². The lowest BCUT2D eigenvalue weighted by molar-refractivity contribution is 0.103. The van der Waals surface area contributed by atoms with E-state index in [0.29, 0.717) is 54.1 Å². The van der Waals surface area contributed by atoms with Crippen molar-refractivity contribution < 1.29 is 28.5 Å². The van der Waals surface area contributed by atoms with Crippen LogP contribution in [0.5, 0.6) is 28.7 Å². The first kappa shape index (κ1) is 37.3. The number of allylic oxidation sites excluding steroid dienone is 1. The van der Waals surface area contributed by atoms with Crippen LogP contribution in [0.2, 0.25) is 0 Å². The van der Waals surface area contributed by atoms with E-state index in [1.165, 1.54) is 6.08 Å². The van der Waals surface area contributed by atoms with Crippen LogP contribution in [0.1, 0.15) is 43.7 Å². The maximum absolute atomic E-state index is 14.4. The van der Waals surface area contributed by atoms with E-state index in [1.807, 2.05) is 170 Å². The zero-order valence-electron chi connectivity index (χ0n) is 31.0. The van der Waals surface area contributed by atoms with Gasteiger partial charge in [-0.15, -0.1) is 0 Å². The summed E-state index contributed by atoms with van der Waals surface area (Å²) in [5.41, 5.74) is 6.06. The third-order valence-corrected chi connectivity index (χ3v) is 8.88. The molecule has 0 aliphatic heterocycles. The molecule has 0 fully saturated rings. The molecular formula is C50H42O6. The highest BCUT2D eigenvalue weighted by atomic mass is 16.5. The maximum Gasteiger partial charge on any atom is 0.193 e. The van der Waals surface area contributed by atoms with Gasteiger partial charge in [-0.05, 0) is 51.6 Å². The van der Waals surface area contributed by atoms with Crippen LogP contribution in [-0.4, -0.2) is 5.78 Å². The molecule has 0 N–H and O–H groups in total. The third kappa shape index (κ3) is 10.8. The predicted molar refractivity (Wildman–Crippen MR) is 220 cm³/mol. The first-order valence-electron chi connectivity index (χ1n) is 18.5. The number of carbonyl (C=O) groups is 1. The Labute approximate surface area is 328 Å². The van der Waals surface area contributed by atoms with Crippen molar-refractivity contribution in [2.45, 2.75) is 33.0 Å². The van der Waals surface area contributed by atoms with Crippen LogP contribution in [0, 0.1) is 0 Å². The summed E-state index contributed by atoms with van der Waals surface area (Å²) in [5.74, 6) is 2.11. The molecule has 6 nitrogen and oxygen atoms in total. The van der Waals surface area contributed by atoms with Gasteiger partial charge < -0.3 is 23.7 Å². The molecule has 6 heteroatoms. The van der Waals surface area contributed by atoms with Crippen LogP contribution in [0.4, 0.5) is 0 Å². The van der Waals surface area contributed by atoms with Crippen LogP contribution in [0.25, 0.3) is 6.08 Å². The van der Waals surface area contributed by atoms with Crippen molar-refractivity contribution >= 4 is 11.9 Å². The summed E-state index contributed by atoms with van der Waals surface area (Å²) in [5, 5.41) is 0. The van der Waals surface area contributed by atoms with E-state index in [4.69, 9.17) is 23.7 Å². The number of ether oxygens (including phenoxy) is 5. The van der Waals surface area contributed by atoms with Crippen LogP contribution >= 0.6 is 0 Å². The van der Waals surface area contributed by atoms with Gasteiger partial charge in [0, 0.05) is 12.1 Å². The van der Waals surface area contributed by atoms with Gasteiger partial charge in [0.25, 0.3) is 0 Å². The highest BCUT2D eigenvalue weighted by Gasteiger charge is 2.21. The molecule has 7 rings (SSSR count). The molecule has 0 unspecified atom stereocenters. The Hall–Kier alpha value is -7.05. The van der Waals surface area contributed by atoms with E-state index in [1.54, 1.807) is 18.2 Å². The Morgan fingerprint density at radius 3 is 1.14 bits per heavy atom. The fourth-order valence-electron chi connectivity index (χ4n) is 5.92. The fraction of sp³-hybridized carbons (Fsp3) is 0.100. The molecule has 0 bridgehead atoms. The van der Waals surface area contributed by atoms with Crippen molar-refractivity contribution in [2.75, 3.05) is 0 Å². The van der Waals surface area contributed by atoms with Gasteiger partial charge in [0.15, 0.2) is 17.3 Å². The number of benzene rings is 7. The molecule has 7 aromatic rings. The van der Waals surface area contributed by atoms with Crippen molar-refractivity contribution in [3.63, 3.8) is 0 Å². The van der Waals surface area contributed by atoms with E-state index in [0.717, 1.165) is 33.4 Å². The highest BCUT2D eigenvalue weighted by molar-refractivity contribution is 6.10. The van der Waals surface area contributed by atoms with E-state index < -0.39 is 0 Å². The monoisotopic (exact) mass is 738 g/mol. The minimum absolute atomic E-state index is 0.248. The second kappa shape index (κ2) is 19.3. The Bertz CT molecular complexity index is 2240. The van der Waals surface area contributed by atoms with Gasteiger partial charge in [0.1, 0.15) is 55.8 Å². The number of hydrogen-bond acceptors (Lipinski definition) is 6. The number of rotatable bonds is 18. The molecule has 0 spiro atoms. The molecule has 0 atom stereocenters. The summed E-state index contributed by atoms with van der Waals surface area (Å²) >= 11 is 0. The number of carbonyl (C=O) groups excluding carboxylic acids is 1. The Morgan fingerprint density at radius 1 is 0.375 bits per heavy atom. The van der Waals surface area contributed by atoms with Gasteiger partial charge in [-0.25, -0.2) is 0 Å². The second-order valence-corrected chi connectivity index (χ2v) is 13.1. The molecule has 278 valence electrons. The molecule has 0 aliphatic rings. The van der Waals surface area contributed by atoms with Gasteiger partial charge in [-0.2, -0.15) is 0 Å². The van der Waals surface area contributed by atoms with Crippen molar-refractivity contribution in [1.82, 2.24) is 0 Å². The topological polar surface area (TPSA) is 63.2 Å². The summed E-state index contributed by atoms with van der Waals surface area (Å²) in [4.78, 5) is 14.4. The lowest BCUT2D eigenvalue weighted by Gasteiger charge is -2.18. The summed E-state index contributed by atoms with van der Waals surface area (Å²) in [7, 11) is 0. The van der Waals surface area contributed by atoms with E-state index in [-0.39, 0.29) is 19.0 Å². The van der Waals surface area contributed by atoms with Crippen LogP contribution in [0.15, 0.2) is 188 Å². The largest absolute Gasteiger partial charge is 0.489 e.